The molecule has 0 unspecified atom stereocenters. The van der Waals surface area contributed by atoms with Crippen molar-refractivity contribution in [3.8, 4) is 0 Å². The fourth-order valence-electron chi connectivity index (χ4n) is 2.84. The molecule has 0 saturated carbocycles. The van der Waals surface area contributed by atoms with Gasteiger partial charge in [0.1, 0.15) is 0 Å². The van der Waals surface area contributed by atoms with Gasteiger partial charge in [0.15, 0.2) is 5.78 Å². The van der Waals surface area contributed by atoms with E-state index in [2.05, 4.69) is 18.4 Å². The van der Waals surface area contributed by atoms with Gasteiger partial charge in [-0.1, -0.05) is 19.9 Å². The van der Waals surface area contributed by atoms with Crippen molar-refractivity contribution in [3.63, 3.8) is 0 Å². The first-order valence-electron chi connectivity index (χ1n) is 8.17. The van der Waals surface area contributed by atoms with Gasteiger partial charge >= 0.3 is 0 Å². The van der Waals surface area contributed by atoms with Gasteiger partial charge in [-0.2, -0.15) is 0 Å². The van der Waals surface area contributed by atoms with E-state index in [0.717, 1.165) is 29.9 Å². The maximum absolute atomic E-state index is 12.6. The first-order valence-corrected chi connectivity index (χ1v) is 8.17. The van der Waals surface area contributed by atoms with Gasteiger partial charge in [0, 0.05) is 35.3 Å². The summed E-state index contributed by atoms with van der Waals surface area (Å²) in [5.74, 6) is 0.614. The molecule has 0 saturated heterocycles. The van der Waals surface area contributed by atoms with Crippen molar-refractivity contribution in [2.24, 2.45) is 5.92 Å². The molecule has 124 valence electrons. The topological polar surface area (TPSA) is 44.0 Å². The number of carbonyl (C=O) groups excluding carboxylic acids is 1. The van der Waals surface area contributed by atoms with Crippen LogP contribution in [0.25, 0.3) is 0 Å². The van der Waals surface area contributed by atoms with Crippen LogP contribution < -0.4 is 5.56 Å². The lowest BCUT2D eigenvalue weighted by Gasteiger charge is -2.11. The highest BCUT2D eigenvalue weighted by Crippen LogP contribution is 2.18. The summed E-state index contributed by atoms with van der Waals surface area (Å²) in [5.41, 5.74) is 3.37. The summed E-state index contributed by atoms with van der Waals surface area (Å²) in [5, 5.41) is 0. The average molecular weight is 314 g/mol. The minimum Gasteiger partial charge on any atom is -0.348 e. The van der Waals surface area contributed by atoms with E-state index in [1.807, 2.05) is 19.9 Å². The molecule has 0 aliphatic rings. The van der Waals surface area contributed by atoms with Crippen LogP contribution in [0.4, 0.5) is 0 Å². The molecule has 0 aliphatic carbocycles. The van der Waals surface area contributed by atoms with E-state index in [-0.39, 0.29) is 17.9 Å². The molecule has 0 amide bonds. The number of hydrogen-bond acceptors (Lipinski definition) is 2. The zero-order chi connectivity index (χ0) is 17.1. The summed E-state index contributed by atoms with van der Waals surface area (Å²) in [7, 11) is 0. The normalized spacial score (nSPS) is 11.2. The lowest BCUT2D eigenvalue weighted by Crippen LogP contribution is -2.25. The Morgan fingerprint density at radius 3 is 2.57 bits per heavy atom. The minimum atomic E-state index is -0.102. The molecule has 0 aromatic carbocycles. The number of carbonyl (C=O) groups is 1. The summed E-state index contributed by atoms with van der Waals surface area (Å²) >= 11 is 0. The molecule has 0 radical (unpaired) electrons. The average Bonchev–Trinajstić information content (AvgIpc) is 2.76. The molecule has 2 heterocycles. The highest BCUT2D eigenvalue weighted by atomic mass is 16.1. The summed E-state index contributed by atoms with van der Waals surface area (Å²) in [6.45, 7) is 11.2. The van der Waals surface area contributed by atoms with E-state index in [9.17, 15) is 9.59 Å². The second-order valence-electron chi connectivity index (χ2n) is 6.67. The first kappa shape index (κ1) is 17.3. The number of aromatic nitrogens is 2. The standard InChI is InChI=1S/C19H26N2O2/c1-13(2)8-10-21-15(4)11-17(16(21)5)18(22)12-20-9-6-7-14(3)19(20)23/h6-7,9,11,13H,8,10,12H2,1-5H3. The van der Waals surface area contributed by atoms with Gasteiger partial charge in [-0.3, -0.25) is 9.59 Å². The van der Waals surface area contributed by atoms with Crippen molar-refractivity contribution in [1.29, 1.82) is 0 Å². The minimum absolute atomic E-state index is 0.0124. The van der Waals surface area contributed by atoms with E-state index in [1.165, 1.54) is 4.57 Å². The second-order valence-corrected chi connectivity index (χ2v) is 6.67. The molecule has 23 heavy (non-hydrogen) atoms. The van der Waals surface area contributed by atoms with Gasteiger partial charge in [0.05, 0.1) is 6.54 Å². The van der Waals surface area contributed by atoms with Crippen molar-refractivity contribution in [2.75, 3.05) is 0 Å². The molecule has 0 aliphatic heterocycles. The Bertz CT molecular complexity index is 766. The molecule has 2 aromatic heterocycles. The largest absolute Gasteiger partial charge is 0.348 e. The number of aryl methyl sites for hydroxylation is 2. The van der Waals surface area contributed by atoms with Crippen molar-refractivity contribution < 1.29 is 4.79 Å². The molecule has 0 atom stereocenters. The predicted molar refractivity (Wildman–Crippen MR) is 93.1 cm³/mol. The number of rotatable bonds is 6. The van der Waals surface area contributed by atoms with E-state index < -0.39 is 0 Å². The van der Waals surface area contributed by atoms with Crippen LogP contribution in [-0.2, 0) is 13.1 Å². The van der Waals surface area contributed by atoms with E-state index in [4.69, 9.17) is 0 Å². The van der Waals surface area contributed by atoms with Gasteiger partial charge in [-0.05, 0) is 45.2 Å². The Balaban J connectivity index is 2.25. The van der Waals surface area contributed by atoms with E-state index in [1.54, 1.807) is 25.3 Å². The summed E-state index contributed by atoms with van der Waals surface area (Å²) in [6, 6.07) is 5.51. The summed E-state index contributed by atoms with van der Waals surface area (Å²) < 4.78 is 3.68. The highest BCUT2D eigenvalue weighted by molar-refractivity contribution is 5.97. The Labute approximate surface area is 137 Å². The van der Waals surface area contributed by atoms with Crippen LogP contribution >= 0.6 is 0 Å². The van der Waals surface area contributed by atoms with Gasteiger partial charge < -0.3 is 9.13 Å². The van der Waals surface area contributed by atoms with Crippen LogP contribution in [0.3, 0.4) is 0 Å². The van der Waals surface area contributed by atoms with Gasteiger partial charge in [0.2, 0.25) is 0 Å². The Morgan fingerprint density at radius 2 is 1.91 bits per heavy atom. The van der Waals surface area contributed by atoms with Crippen molar-refractivity contribution in [1.82, 2.24) is 9.13 Å². The zero-order valence-electron chi connectivity index (χ0n) is 14.7. The maximum atomic E-state index is 12.6. The van der Waals surface area contributed by atoms with Crippen molar-refractivity contribution in [2.45, 2.75) is 54.1 Å². The molecule has 0 bridgehead atoms. The van der Waals surface area contributed by atoms with Crippen molar-refractivity contribution >= 4 is 5.78 Å². The Kier molecular flexibility index (Phi) is 5.24. The highest BCUT2D eigenvalue weighted by Gasteiger charge is 2.16. The van der Waals surface area contributed by atoms with Gasteiger partial charge in [-0.15, -0.1) is 0 Å². The molecule has 2 aromatic rings. The molecule has 0 fully saturated rings. The first-order chi connectivity index (χ1) is 10.8. The van der Waals surface area contributed by atoms with Crippen LogP contribution in [0.5, 0.6) is 0 Å². The van der Waals surface area contributed by atoms with Crippen LogP contribution in [0, 0.1) is 26.7 Å². The lowest BCUT2D eigenvalue weighted by atomic mass is 10.1. The predicted octanol–water partition coefficient (Wildman–Crippen LogP) is 3.50. The zero-order valence-corrected chi connectivity index (χ0v) is 14.7. The fourth-order valence-corrected chi connectivity index (χ4v) is 2.84. The molecule has 2 rings (SSSR count). The summed E-state index contributed by atoms with van der Waals surface area (Å²) in [6.07, 6.45) is 2.76. The number of pyridine rings is 1. The SMILES string of the molecule is Cc1cccn(CC(=O)c2cc(C)n(CCC(C)C)c2C)c1=O. The smallest absolute Gasteiger partial charge is 0.253 e. The number of nitrogens with zero attached hydrogens (tertiary/aromatic N) is 2. The molecule has 4 nitrogen and oxygen atoms in total. The molecule has 0 N–H and O–H groups in total. The van der Waals surface area contributed by atoms with E-state index >= 15 is 0 Å². The van der Waals surface area contributed by atoms with Crippen molar-refractivity contribution in [3.05, 3.63) is 57.3 Å². The van der Waals surface area contributed by atoms with Crippen LogP contribution in [-0.4, -0.2) is 14.9 Å². The van der Waals surface area contributed by atoms with Crippen LogP contribution in [0.2, 0.25) is 0 Å². The number of Topliss-reactive ketones (excluding diaryl/α,β-unsaturated/α-hetero) is 1. The Hall–Kier alpha value is -2.10. The monoisotopic (exact) mass is 314 g/mol. The van der Waals surface area contributed by atoms with Gasteiger partial charge in [0.25, 0.3) is 5.56 Å². The molecule has 0 spiro atoms. The third kappa shape index (κ3) is 3.81. The fraction of sp³-hybridized carbons (Fsp3) is 0.474. The Morgan fingerprint density at radius 1 is 1.22 bits per heavy atom. The van der Waals surface area contributed by atoms with Gasteiger partial charge in [-0.25, -0.2) is 0 Å². The maximum Gasteiger partial charge on any atom is 0.253 e. The third-order valence-corrected chi connectivity index (χ3v) is 4.33. The summed E-state index contributed by atoms with van der Waals surface area (Å²) in [4.78, 5) is 24.7. The quantitative estimate of drug-likeness (QED) is 0.766. The lowest BCUT2D eigenvalue weighted by molar-refractivity contribution is 0.0970. The third-order valence-electron chi connectivity index (χ3n) is 4.33. The number of hydrogen-bond donors (Lipinski definition) is 0. The van der Waals surface area contributed by atoms with Crippen LogP contribution in [0.15, 0.2) is 29.2 Å². The molecule has 4 heteroatoms. The molecular weight excluding hydrogens is 288 g/mol. The van der Waals surface area contributed by atoms with Crippen LogP contribution in [0.1, 0.15) is 47.6 Å². The second kappa shape index (κ2) is 6.99. The number of ketones is 1. The molecular formula is C19H26N2O2. The van der Waals surface area contributed by atoms with E-state index in [0.29, 0.717) is 11.5 Å².